The van der Waals surface area contributed by atoms with Gasteiger partial charge in [0.25, 0.3) is 0 Å². The zero-order chi connectivity index (χ0) is 16.9. The maximum absolute atomic E-state index is 4.95. The number of hydrogen-bond acceptors (Lipinski definition) is 2. The predicted octanol–water partition coefficient (Wildman–Crippen LogP) is 5.24. The van der Waals surface area contributed by atoms with Crippen molar-refractivity contribution in [1.29, 1.82) is 0 Å². The van der Waals surface area contributed by atoms with Crippen LogP contribution in [0.1, 0.15) is 71.2 Å². The minimum atomic E-state index is 0.0930. The number of anilines is 1. The van der Waals surface area contributed by atoms with Gasteiger partial charge in [0.15, 0.2) is 0 Å². The smallest absolute Gasteiger partial charge is 0.0538 e. The molecular formula is C20H32N2. The summed E-state index contributed by atoms with van der Waals surface area (Å²) in [5.41, 5.74) is 5.53. The van der Waals surface area contributed by atoms with E-state index in [1.54, 1.807) is 0 Å². The fourth-order valence-electron chi connectivity index (χ4n) is 3.78. The van der Waals surface area contributed by atoms with Gasteiger partial charge < -0.3 is 4.90 Å². The highest BCUT2D eigenvalue weighted by Gasteiger charge is 2.36. The van der Waals surface area contributed by atoms with E-state index in [0.29, 0.717) is 11.8 Å². The Morgan fingerprint density at radius 2 is 1.64 bits per heavy atom. The molecule has 122 valence electrons. The zero-order valence-corrected chi connectivity index (χ0v) is 15.8. The lowest BCUT2D eigenvalue weighted by Crippen LogP contribution is -2.30. The number of aromatic nitrogens is 1. The van der Waals surface area contributed by atoms with Crippen molar-refractivity contribution in [3.05, 3.63) is 29.1 Å². The van der Waals surface area contributed by atoms with E-state index in [2.05, 4.69) is 85.8 Å². The van der Waals surface area contributed by atoms with E-state index in [4.69, 9.17) is 4.98 Å². The first-order valence-corrected chi connectivity index (χ1v) is 8.33. The first-order chi connectivity index (χ1) is 9.94. The van der Waals surface area contributed by atoms with Gasteiger partial charge in [-0.05, 0) is 22.3 Å². The van der Waals surface area contributed by atoms with Gasteiger partial charge in [-0.25, -0.2) is 0 Å². The largest absolute Gasteiger partial charge is 0.377 e. The van der Waals surface area contributed by atoms with Crippen LogP contribution < -0.4 is 4.90 Å². The second-order valence-electron chi connectivity index (χ2n) is 9.03. The van der Waals surface area contributed by atoms with Crippen LogP contribution in [0.4, 0.5) is 5.69 Å². The van der Waals surface area contributed by atoms with E-state index < -0.39 is 0 Å². The Balaban J connectivity index is 2.75. The zero-order valence-electron chi connectivity index (χ0n) is 15.8. The molecule has 0 saturated heterocycles. The Morgan fingerprint density at radius 1 is 1.05 bits per heavy atom. The second-order valence-corrected chi connectivity index (χ2v) is 9.03. The van der Waals surface area contributed by atoms with Crippen molar-refractivity contribution in [2.24, 2.45) is 11.3 Å². The maximum atomic E-state index is 4.95. The summed E-state index contributed by atoms with van der Waals surface area (Å²) < 4.78 is 0. The number of fused-ring (bicyclic) bond motifs is 1. The average molecular weight is 300 g/mol. The molecule has 2 atom stereocenters. The van der Waals surface area contributed by atoms with Crippen molar-refractivity contribution in [3.63, 3.8) is 0 Å². The molecule has 0 fully saturated rings. The molecular weight excluding hydrogens is 268 g/mol. The van der Waals surface area contributed by atoms with E-state index in [1.807, 2.05) is 0 Å². The molecule has 0 amide bonds. The van der Waals surface area contributed by atoms with Gasteiger partial charge in [0.2, 0.25) is 0 Å². The fraction of sp³-hybridized carbons (Fsp3) is 0.650. The normalized spacial score (nSPS) is 21.7. The van der Waals surface area contributed by atoms with E-state index in [-0.39, 0.29) is 10.8 Å². The molecule has 1 aromatic rings. The Hall–Kier alpha value is -1.31. The minimum absolute atomic E-state index is 0.0930. The van der Waals surface area contributed by atoms with Crippen LogP contribution in [0.3, 0.4) is 0 Å². The van der Waals surface area contributed by atoms with Crippen molar-refractivity contribution < 1.29 is 0 Å². The average Bonchev–Trinajstić information content (AvgIpc) is 2.33. The minimum Gasteiger partial charge on any atom is -0.377 e. The lowest BCUT2D eigenvalue weighted by atomic mass is 9.68. The number of hydrogen-bond donors (Lipinski definition) is 0. The third-order valence-electron chi connectivity index (χ3n) is 4.69. The molecule has 0 spiro atoms. The van der Waals surface area contributed by atoms with Crippen LogP contribution in [-0.4, -0.2) is 19.1 Å². The van der Waals surface area contributed by atoms with Gasteiger partial charge in [0, 0.05) is 31.8 Å². The van der Waals surface area contributed by atoms with Crippen LogP contribution in [0, 0.1) is 11.3 Å². The highest BCUT2D eigenvalue weighted by molar-refractivity contribution is 5.75. The van der Waals surface area contributed by atoms with Gasteiger partial charge in [-0.15, -0.1) is 0 Å². The van der Waals surface area contributed by atoms with Crippen molar-refractivity contribution in [3.8, 4) is 0 Å². The third-order valence-corrected chi connectivity index (χ3v) is 4.69. The first kappa shape index (κ1) is 17.1. The van der Waals surface area contributed by atoms with Gasteiger partial charge >= 0.3 is 0 Å². The van der Waals surface area contributed by atoms with E-state index in [1.165, 1.54) is 22.5 Å². The molecule has 0 aliphatic heterocycles. The summed E-state index contributed by atoms with van der Waals surface area (Å²) in [6, 6.07) is 0. The molecule has 2 unspecified atom stereocenters. The lowest BCUT2D eigenvalue weighted by Gasteiger charge is -2.39. The topological polar surface area (TPSA) is 16.1 Å². The molecule has 0 aromatic carbocycles. The summed E-state index contributed by atoms with van der Waals surface area (Å²) in [6.07, 6.45) is 6.76. The van der Waals surface area contributed by atoms with Crippen LogP contribution in [0.2, 0.25) is 0 Å². The van der Waals surface area contributed by atoms with Crippen molar-refractivity contribution in [2.45, 2.75) is 59.8 Å². The molecule has 1 heterocycles. The summed E-state index contributed by atoms with van der Waals surface area (Å²) in [4.78, 5) is 7.20. The number of pyridine rings is 1. The van der Waals surface area contributed by atoms with Crippen LogP contribution in [0.25, 0.3) is 6.08 Å². The van der Waals surface area contributed by atoms with Gasteiger partial charge in [-0.3, -0.25) is 4.98 Å². The molecule has 2 rings (SSSR count). The Kier molecular flexibility index (Phi) is 4.18. The SMILES string of the molecule is CC1C=Cc2c(ncc(C(C)(C)C)c2N(C)C)C1C(C)(C)C. The van der Waals surface area contributed by atoms with Gasteiger partial charge in [-0.2, -0.15) is 0 Å². The van der Waals surface area contributed by atoms with Crippen molar-refractivity contribution in [2.75, 3.05) is 19.0 Å². The third kappa shape index (κ3) is 2.93. The van der Waals surface area contributed by atoms with Gasteiger partial charge in [-0.1, -0.05) is 60.6 Å². The maximum Gasteiger partial charge on any atom is 0.0538 e. The number of nitrogens with zero attached hydrogens (tertiary/aromatic N) is 2. The lowest BCUT2D eigenvalue weighted by molar-refractivity contribution is 0.267. The van der Waals surface area contributed by atoms with E-state index in [9.17, 15) is 0 Å². The molecule has 1 aliphatic carbocycles. The quantitative estimate of drug-likeness (QED) is 0.705. The number of rotatable bonds is 1. The Morgan fingerprint density at radius 3 is 2.09 bits per heavy atom. The highest BCUT2D eigenvalue weighted by Crippen LogP contribution is 2.48. The van der Waals surface area contributed by atoms with E-state index in [0.717, 1.165) is 0 Å². The molecule has 0 N–H and O–H groups in total. The fourth-order valence-corrected chi connectivity index (χ4v) is 3.78. The molecule has 0 saturated carbocycles. The monoisotopic (exact) mass is 300 g/mol. The molecule has 2 heteroatoms. The predicted molar refractivity (Wildman–Crippen MR) is 97.7 cm³/mol. The summed E-state index contributed by atoms with van der Waals surface area (Å²) in [5, 5.41) is 0. The number of allylic oxidation sites excluding steroid dienone is 1. The Bertz CT molecular complexity index is 583. The van der Waals surface area contributed by atoms with Gasteiger partial charge in [0.05, 0.1) is 11.4 Å². The van der Waals surface area contributed by atoms with E-state index >= 15 is 0 Å². The van der Waals surface area contributed by atoms with Gasteiger partial charge in [0.1, 0.15) is 0 Å². The van der Waals surface area contributed by atoms with Crippen LogP contribution in [0.15, 0.2) is 12.3 Å². The molecule has 2 nitrogen and oxygen atoms in total. The Labute approximate surface area is 136 Å². The molecule has 0 bridgehead atoms. The van der Waals surface area contributed by atoms with Crippen molar-refractivity contribution in [1.82, 2.24) is 4.98 Å². The van der Waals surface area contributed by atoms with Crippen molar-refractivity contribution >= 4 is 11.8 Å². The molecule has 0 radical (unpaired) electrons. The summed E-state index contributed by atoms with van der Waals surface area (Å²) in [7, 11) is 4.28. The summed E-state index contributed by atoms with van der Waals surface area (Å²) >= 11 is 0. The van der Waals surface area contributed by atoms with Crippen LogP contribution in [-0.2, 0) is 5.41 Å². The highest BCUT2D eigenvalue weighted by atomic mass is 15.1. The molecule has 1 aromatic heterocycles. The molecule has 22 heavy (non-hydrogen) atoms. The molecule has 1 aliphatic rings. The van der Waals surface area contributed by atoms with Crippen LogP contribution >= 0.6 is 0 Å². The van der Waals surface area contributed by atoms with Crippen LogP contribution in [0.5, 0.6) is 0 Å². The first-order valence-electron chi connectivity index (χ1n) is 8.33. The summed E-state index contributed by atoms with van der Waals surface area (Å²) in [6.45, 7) is 16.1. The standard InChI is InChI=1S/C20H32N2/c1-13-10-11-14-17(16(13)20(5,6)7)21-12-15(19(2,3)4)18(14)22(8)9/h10-13,16H,1-9H3. The summed E-state index contributed by atoms with van der Waals surface area (Å²) in [5.74, 6) is 0.982. The second kappa shape index (κ2) is 5.40.